The van der Waals surface area contributed by atoms with Gasteiger partial charge in [0.25, 0.3) is 5.91 Å². The molecule has 2 rings (SSSR count). The normalized spacial score (nSPS) is 15.8. The van der Waals surface area contributed by atoms with E-state index in [2.05, 4.69) is 40.4 Å². The summed E-state index contributed by atoms with van der Waals surface area (Å²) in [6.07, 6.45) is 2.18. The maximum Gasteiger partial charge on any atom is 0.258 e. The first kappa shape index (κ1) is 15.3. The van der Waals surface area contributed by atoms with Crippen molar-refractivity contribution in [1.29, 1.82) is 0 Å². The fourth-order valence-corrected chi connectivity index (χ4v) is 2.39. The molecule has 110 valence electrons. The number of rotatable bonds is 7. The monoisotopic (exact) mass is 340 g/mol. The van der Waals surface area contributed by atoms with E-state index < -0.39 is 0 Å². The van der Waals surface area contributed by atoms with E-state index in [-0.39, 0.29) is 18.6 Å². The van der Waals surface area contributed by atoms with Crippen molar-refractivity contribution in [3.05, 3.63) is 28.2 Å². The van der Waals surface area contributed by atoms with Crippen LogP contribution in [0, 0.1) is 0 Å². The molecule has 4 nitrogen and oxygen atoms in total. The fourth-order valence-electron chi connectivity index (χ4n) is 2.05. The quantitative estimate of drug-likeness (QED) is 0.802. The predicted molar refractivity (Wildman–Crippen MR) is 82.9 cm³/mol. The lowest BCUT2D eigenvalue weighted by Gasteiger charge is -2.18. The van der Waals surface area contributed by atoms with Crippen LogP contribution in [0.1, 0.15) is 38.3 Å². The van der Waals surface area contributed by atoms with Gasteiger partial charge in [-0.15, -0.1) is 0 Å². The predicted octanol–water partition coefficient (Wildman–Crippen LogP) is 2.78. The van der Waals surface area contributed by atoms with Crippen molar-refractivity contribution in [2.45, 2.75) is 38.8 Å². The molecule has 1 aromatic carbocycles. The molecule has 0 heterocycles. The van der Waals surface area contributed by atoms with Gasteiger partial charge in [0.1, 0.15) is 5.75 Å². The third-order valence-electron chi connectivity index (χ3n) is 3.25. The van der Waals surface area contributed by atoms with Crippen molar-refractivity contribution >= 4 is 21.8 Å². The molecule has 1 amide bonds. The first-order chi connectivity index (χ1) is 9.60. The Kier molecular flexibility index (Phi) is 5.43. The van der Waals surface area contributed by atoms with Crippen LogP contribution in [0.4, 0.5) is 0 Å². The highest BCUT2D eigenvalue weighted by molar-refractivity contribution is 9.10. The zero-order valence-corrected chi connectivity index (χ0v) is 13.5. The van der Waals surface area contributed by atoms with E-state index in [0.717, 1.165) is 35.2 Å². The van der Waals surface area contributed by atoms with Crippen LogP contribution < -0.4 is 15.4 Å². The standard InChI is InChI=1S/C15H21BrN2O2/c1-3-17-10(2)13-7-4-11(16)8-14(13)20-9-15(19)18-12-5-6-12/h4,7-8,10,12,17H,3,5-6,9H2,1-2H3,(H,18,19). The molecule has 5 heteroatoms. The number of amides is 1. The number of hydrogen-bond acceptors (Lipinski definition) is 3. The Morgan fingerprint density at radius 2 is 2.25 bits per heavy atom. The summed E-state index contributed by atoms with van der Waals surface area (Å²) in [5.74, 6) is 0.702. The van der Waals surface area contributed by atoms with Crippen LogP contribution in [0.2, 0.25) is 0 Å². The van der Waals surface area contributed by atoms with Crippen LogP contribution in [-0.2, 0) is 4.79 Å². The second kappa shape index (κ2) is 7.09. The number of nitrogens with one attached hydrogen (secondary N) is 2. The van der Waals surface area contributed by atoms with E-state index in [1.807, 2.05) is 18.2 Å². The highest BCUT2D eigenvalue weighted by Crippen LogP contribution is 2.28. The van der Waals surface area contributed by atoms with E-state index in [0.29, 0.717) is 6.04 Å². The molecule has 1 fully saturated rings. The summed E-state index contributed by atoms with van der Waals surface area (Å²) in [6.45, 7) is 5.11. The van der Waals surface area contributed by atoms with Gasteiger partial charge >= 0.3 is 0 Å². The third-order valence-corrected chi connectivity index (χ3v) is 3.75. The largest absolute Gasteiger partial charge is 0.483 e. The zero-order valence-electron chi connectivity index (χ0n) is 11.9. The molecule has 0 bridgehead atoms. The Labute approximate surface area is 128 Å². The second-order valence-electron chi connectivity index (χ2n) is 5.09. The van der Waals surface area contributed by atoms with E-state index >= 15 is 0 Å². The molecule has 1 atom stereocenters. The molecule has 1 saturated carbocycles. The molecule has 1 aliphatic rings. The summed E-state index contributed by atoms with van der Waals surface area (Å²) in [4.78, 5) is 11.7. The highest BCUT2D eigenvalue weighted by atomic mass is 79.9. The van der Waals surface area contributed by atoms with Gasteiger partial charge in [0.15, 0.2) is 6.61 Å². The number of carbonyl (C=O) groups is 1. The lowest BCUT2D eigenvalue weighted by molar-refractivity contribution is -0.123. The van der Waals surface area contributed by atoms with Crippen LogP contribution in [0.5, 0.6) is 5.75 Å². The summed E-state index contributed by atoms with van der Waals surface area (Å²) in [7, 11) is 0. The maximum absolute atomic E-state index is 11.7. The van der Waals surface area contributed by atoms with Gasteiger partial charge in [-0.25, -0.2) is 0 Å². The number of halogens is 1. The minimum absolute atomic E-state index is 0.0467. The van der Waals surface area contributed by atoms with Crippen LogP contribution in [0.25, 0.3) is 0 Å². The van der Waals surface area contributed by atoms with Gasteiger partial charge in [0.2, 0.25) is 0 Å². The minimum Gasteiger partial charge on any atom is -0.483 e. The Hall–Kier alpha value is -1.07. The zero-order chi connectivity index (χ0) is 14.5. The summed E-state index contributed by atoms with van der Waals surface area (Å²) < 4.78 is 6.64. The SMILES string of the molecule is CCNC(C)c1ccc(Br)cc1OCC(=O)NC1CC1. The smallest absolute Gasteiger partial charge is 0.258 e. The van der Waals surface area contributed by atoms with Gasteiger partial charge in [-0.05, 0) is 38.4 Å². The average molecular weight is 341 g/mol. The van der Waals surface area contributed by atoms with Crippen molar-refractivity contribution in [1.82, 2.24) is 10.6 Å². The maximum atomic E-state index is 11.7. The summed E-state index contributed by atoms with van der Waals surface area (Å²) >= 11 is 3.44. The van der Waals surface area contributed by atoms with Crippen LogP contribution in [0.3, 0.4) is 0 Å². The third kappa shape index (κ3) is 4.49. The average Bonchev–Trinajstić information content (AvgIpc) is 3.20. The van der Waals surface area contributed by atoms with Gasteiger partial charge in [0, 0.05) is 22.1 Å². The van der Waals surface area contributed by atoms with Crippen LogP contribution in [-0.4, -0.2) is 25.1 Å². The molecule has 1 unspecified atom stereocenters. The molecule has 0 spiro atoms. The summed E-state index contributed by atoms with van der Waals surface area (Å²) in [6, 6.07) is 6.47. The van der Waals surface area contributed by atoms with E-state index in [4.69, 9.17) is 4.74 Å². The molecule has 0 aliphatic heterocycles. The molecule has 0 saturated heterocycles. The lowest BCUT2D eigenvalue weighted by Crippen LogP contribution is -2.30. The molecule has 0 radical (unpaired) electrons. The number of benzene rings is 1. The van der Waals surface area contributed by atoms with E-state index in [1.54, 1.807) is 0 Å². The Bertz CT molecular complexity index is 475. The molecule has 0 aromatic heterocycles. The number of hydrogen-bond donors (Lipinski definition) is 2. The molecule has 20 heavy (non-hydrogen) atoms. The van der Waals surface area contributed by atoms with Gasteiger partial charge < -0.3 is 15.4 Å². The highest BCUT2D eigenvalue weighted by Gasteiger charge is 2.23. The van der Waals surface area contributed by atoms with Gasteiger partial charge in [0.05, 0.1) is 0 Å². The minimum atomic E-state index is -0.0467. The van der Waals surface area contributed by atoms with E-state index in [9.17, 15) is 4.79 Å². The van der Waals surface area contributed by atoms with Crippen LogP contribution >= 0.6 is 15.9 Å². The van der Waals surface area contributed by atoms with Crippen molar-refractivity contribution < 1.29 is 9.53 Å². The fraction of sp³-hybridized carbons (Fsp3) is 0.533. The van der Waals surface area contributed by atoms with Crippen LogP contribution in [0.15, 0.2) is 22.7 Å². The second-order valence-corrected chi connectivity index (χ2v) is 6.01. The first-order valence-electron chi connectivity index (χ1n) is 7.05. The Balaban J connectivity index is 2.00. The Morgan fingerprint density at radius 3 is 2.90 bits per heavy atom. The number of ether oxygens (including phenoxy) is 1. The van der Waals surface area contributed by atoms with Gasteiger partial charge in [-0.3, -0.25) is 4.79 Å². The van der Waals surface area contributed by atoms with Crippen molar-refractivity contribution in [2.24, 2.45) is 0 Å². The summed E-state index contributed by atoms with van der Waals surface area (Å²) in [5.41, 5.74) is 1.06. The molecule has 1 aromatic rings. The molecule has 2 N–H and O–H groups in total. The van der Waals surface area contributed by atoms with Gasteiger partial charge in [-0.2, -0.15) is 0 Å². The van der Waals surface area contributed by atoms with E-state index in [1.165, 1.54) is 0 Å². The topological polar surface area (TPSA) is 50.4 Å². The van der Waals surface area contributed by atoms with Crippen molar-refractivity contribution in [3.63, 3.8) is 0 Å². The Morgan fingerprint density at radius 1 is 1.50 bits per heavy atom. The first-order valence-corrected chi connectivity index (χ1v) is 7.84. The molecular formula is C15H21BrN2O2. The number of carbonyl (C=O) groups excluding carboxylic acids is 1. The van der Waals surface area contributed by atoms with Crippen molar-refractivity contribution in [3.8, 4) is 5.75 Å². The molecular weight excluding hydrogens is 320 g/mol. The molecule has 1 aliphatic carbocycles. The van der Waals surface area contributed by atoms with Crippen molar-refractivity contribution in [2.75, 3.05) is 13.2 Å². The summed E-state index contributed by atoms with van der Waals surface area (Å²) in [5, 5.41) is 6.28. The lowest BCUT2D eigenvalue weighted by atomic mass is 10.1. The van der Waals surface area contributed by atoms with Gasteiger partial charge in [-0.1, -0.05) is 28.9 Å².